The normalized spacial score (nSPS) is 18.6. The lowest BCUT2D eigenvalue weighted by Gasteiger charge is -2.24. The van der Waals surface area contributed by atoms with Gasteiger partial charge in [0.1, 0.15) is 5.82 Å². The van der Waals surface area contributed by atoms with Gasteiger partial charge in [-0.15, -0.1) is 0 Å². The van der Waals surface area contributed by atoms with Crippen LogP contribution in [0.25, 0.3) is 16.7 Å². The van der Waals surface area contributed by atoms with E-state index < -0.39 is 0 Å². The highest BCUT2D eigenvalue weighted by Crippen LogP contribution is 2.33. The molecule has 136 valence electrons. The molecule has 1 aliphatic carbocycles. The van der Waals surface area contributed by atoms with Gasteiger partial charge in [0.25, 0.3) is 0 Å². The summed E-state index contributed by atoms with van der Waals surface area (Å²) >= 11 is 0. The number of hydrogen-bond acceptors (Lipinski definition) is 2. The Bertz CT molecular complexity index is 808. The Morgan fingerprint density at radius 1 is 0.962 bits per heavy atom. The second-order valence-corrected chi connectivity index (χ2v) is 7.64. The third-order valence-electron chi connectivity index (χ3n) is 5.70. The molecule has 0 saturated heterocycles. The largest absolute Gasteiger partial charge is 0.302 e. The number of likely N-dealkylation sites (N-methyl/N-ethyl adjacent to an activating group) is 1. The van der Waals surface area contributed by atoms with Gasteiger partial charge < -0.3 is 4.90 Å². The minimum absolute atomic E-state index is 0.177. The first kappa shape index (κ1) is 17.4. The maximum Gasteiger partial charge on any atom is 0.123 e. The second kappa shape index (κ2) is 7.71. The summed E-state index contributed by atoms with van der Waals surface area (Å²) in [4.78, 5) is 7.44. The van der Waals surface area contributed by atoms with Gasteiger partial charge in [0.05, 0.1) is 5.69 Å². The molecule has 1 aromatic carbocycles. The van der Waals surface area contributed by atoms with Crippen molar-refractivity contribution in [3.05, 3.63) is 59.2 Å². The zero-order valence-corrected chi connectivity index (χ0v) is 15.6. The number of fused-ring (bicyclic) bond motifs is 1. The number of pyridine rings is 1. The molecule has 0 fully saturated rings. The maximum absolute atomic E-state index is 13.4. The fourth-order valence-electron chi connectivity index (χ4n) is 4.11. The third kappa shape index (κ3) is 3.73. The molecule has 2 aliphatic rings. The van der Waals surface area contributed by atoms with Gasteiger partial charge >= 0.3 is 0 Å². The van der Waals surface area contributed by atoms with Crippen molar-refractivity contribution in [1.29, 1.82) is 0 Å². The number of rotatable bonds is 2. The predicted molar refractivity (Wildman–Crippen MR) is 106 cm³/mol. The zero-order valence-electron chi connectivity index (χ0n) is 15.6. The minimum atomic E-state index is -0.177. The van der Waals surface area contributed by atoms with Crippen LogP contribution in [0.4, 0.5) is 4.39 Å². The van der Waals surface area contributed by atoms with E-state index in [4.69, 9.17) is 4.98 Å². The highest BCUT2D eigenvalue weighted by atomic mass is 19.1. The standard InChI is InChI=1S/C23H27FN2/c1-26-14-12-18(13-15-26)23-16-21(17-8-10-19(24)11-9-17)20-6-4-2-3-5-7-22(20)25-23/h8-12,16H,2-7,13-15H2,1H3. The molecule has 0 radical (unpaired) electrons. The molecule has 2 heterocycles. The molecule has 0 atom stereocenters. The molecule has 26 heavy (non-hydrogen) atoms. The maximum atomic E-state index is 13.4. The molecule has 0 spiro atoms. The van der Waals surface area contributed by atoms with Gasteiger partial charge in [-0.1, -0.05) is 31.1 Å². The lowest BCUT2D eigenvalue weighted by atomic mass is 9.89. The van der Waals surface area contributed by atoms with E-state index in [1.165, 1.54) is 48.1 Å². The summed E-state index contributed by atoms with van der Waals surface area (Å²) < 4.78 is 13.4. The van der Waals surface area contributed by atoms with Crippen LogP contribution in [0.2, 0.25) is 0 Å². The third-order valence-corrected chi connectivity index (χ3v) is 5.70. The molecule has 1 aromatic heterocycles. The lowest BCUT2D eigenvalue weighted by molar-refractivity contribution is 0.369. The minimum Gasteiger partial charge on any atom is -0.302 e. The molecule has 0 amide bonds. The molecule has 0 saturated carbocycles. The van der Waals surface area contributed by atoms with Crippen molar-refractivity contribution in [3.63, 3.8) is 0 Å². The molecule has 1 aliphatic heterocycles. The Kier molecular flexibility index (Phi) is 5.16. The summed E-state index contributed by atoms with van der Waals surface area (Å²) in [6.45, 7) is 2.07. The van der Waals surface area contributed by atoms with E-state index in [0.29, 0.717) is 0 Å². The van der Waals surface area contributed by atoms with Gasteiger partial charge in [-0.3, -0.25) is 4.98 Å². The van der Waals surface area contributed by atoms with Crippen LogP contribution in [-0.4, -0.2) is 30.0 Å². The van der Waals surface area contributed by atoms with E-state index in [2.05, 4.69) is 24.1 Å². The SMILES string of the molecule is CN1CC=C(c2cc(-c3ccc(F)cc3)c3c(n2)CCCCCC3)CC1. The van der Waals surface area contributed by atoms with Crippen molar-refractivity contribution in [2.45, 2.75) is 44.9 Å². The van der Waals surface area contributed by atoms with Gasteiger partial charge in [-0.2, -0.15) is 0 Å². The first-order valence-corrected chi connectivity index (χ1v) is 9.87. The number of nitrogens with zero attached hydrogens (tertiary/aromatic N) is 2. The van der Waals surface area contributed by atoms with Gasteiger partial charge in [-0.25, -0.2) is 4.39 Å². The molecule has 0 unspecified atom stereocenters. The van der Waals surface area contributed by atoms with Crippen LogP contribution >= 0.6 is 0 Å². The summed E-state index contributed by atoms with van der Waals surface area (Å²) in [5.74, 6) is -0.177. The Labute approximate surface area is 155 Å². The number of aryl methyl sites for hydroxylation is 1. The quantitative estimate of drug-likeness (QED) is 0.734. The number of halogens is 1. The van der Waals surface area contributed by atoms with Crippen molar-refractivity contribution in [3.8, 4) is 11.1 Å². The van der Waals surface area contributed by atoms with Crippen LogP contribution in [0.5, 0.6) is 0 Å². The van der Waals surface area contributed by atoms with E-state index in [9.17, 15) is 4.39 Å². The highest BCUT2D eigenvalue weighted by Gasteiger charge is 2.19. The van der Waals surface area contributed by atoms with Crippen LogP contribution in [0.3, 0.4) is 0 Å². The molecule has 0 bridgehead atoms. The van der Waals surface area contributed by atoms with E-state index in [0.717, 1.165) is 43.6 Å². The van der Waals surface area contributed by atoms with Crippen molar-refractivity contribution < 1.29 is 4.39 Å². The molecular weight excluding hydrogens is 323 g/mol. The first-order valence-electron chi connectivity index (χ1n) is 9.87. The van der Waals surface area contributed by atoms with E-state index in [1.54, 1.807) is 12.1 Å². The van der Waals surface area contributed by atoms with Gasteiger partial charge in [0.2, 0.25) is 0 Å². The van der Waals surface area contributed by atoms with Crippen molar-refractivity contribution >= 4 is 5.57 Å². The van der Waals surface area contributed by atoms with Crippen LogP contribution in [0.15, 0.2) is 36.4 Å². The summed E-state index contributed by atoms with van der Waals surface area (Å²) in [7, 11) is 2.16. The summed E-state index contributed by atoms with van der Waals surface area (Å²) in [5, 5.41) is 0. The zero-order chi connectivity index (χ0) is 17.9. The smallest absolute Gasteiger partial charge is 0.123 e. The molecule has 3 heteroatoms. The lowest BCUT2D eigenvalue weighted by Crippen LogP contribution is -2.24. The Morgan fingerprint density at radius 3 is 2.46 bits per heavy atom. The molecule has 4 rings (SSSR count). The average molecular weight is 350 g/mol. The second-order valence-electron chi connectivity index (χ2n) is 7.64. The van der Waals surface area contributed by atoms with E-state index >= 15 is 0 Å². The van der Waals surface area contributed by atoms with Crippen LogP contribution in [0.1, 0.15) is 49.1 Å². The average Bonchev–Trinajstić information content (AvgIpc) is 2.63. The Morgan fingerprint density at radius 2 is 1.73 bits per heavy atom. The predicted octanol–water partition coefficient (Wildman–Crippen LogP) is 5.27. The van der Waals surface area contributed by atoms with Crippen molar-refractivity contribution in [2.75, 3.05) is 20.1 Å². The fraction of sp³-hybridized carbons (Fsp3) is 0.435. The summed E-state index contributed by atoms with van der Waals surface area (Å²) in [6.07, 6.45) is 10.5. The summed E-state index contributed by atoms with van der Waals surface area (Å²) in [6, 6.07) is 9.22. The monoisotopic (exact) mass is 350 g/mol. The van der Waals surface area contributed by atoms with Gasteiger partial charge in [0, 0.05) is 18.8 Å². The first-order chi connectivity index (χ1) is 12.7. The number of hydrogen-bond donors (Lipinski definition) is 0. The van der Waals surface area contributed by atoms with Crippen LogP contribution < -0.4 is 0 Å². The molecule has 2 nitrogen and oxygen atoms in total. The topological polar surface area (TPSA) is 16.1 Å². The van der Waals surface area contributed by atoms with Crippen LogP contribution in [0, 0.1) is 5.82 Å². The molecule has 0 N–H and O–H groups in total. The van der Waals surface area contributed by atoms with E-state index in [1.807, 2.05) is 12.1 Å². The molecular formula is C23H27FN2. The number of benzene rings is 1. The molecule has 2 aromatic rings. The van der Waals surface area contributed by atoms with Gasteiger partial charge in [-0.05, 0) is 79.6 Å². The van der Waals surface area contributed by atoms with Crippen LogP contribution in [-0.2, 0) is 12.8 Å². The van der Waals surface area contributed by atoms with E-state index in [-0.39, 0.29) is 5.82 Å². The summed E-state index contributed by atoms with van der Waals surface area (Å²) in [5.41, 5.74) is 7.50. The number of aromatic nitrogens is 1. The van der Waals surface area contributed by atoms with Crippen molar-refractivity contribution in [1.82, 2.24) is 9.88 Å². The Hall–Kier alpha value is -2.00. The fourth-order valence-corrected chi connectivity index (χ4v) is 4.11. The van der Waals surface area contributed by atoms with Crippen molar-refractivity contribution in [2.24, 2.45) is 0 Å². The highest BCUT2D eigenvalue weighted by molar-refractivity contribution is 5.74. The Balaban J connectivity index is 1.82. The van der Waals surface area contributed by atoms with Gasteiger partial charge in [0.15, 0.2) is 0 Å².